The number of aromatic nitrogens is 2. The molecule has 2 aromatic rings. The van der Waals surface area contributed by atoms with Gasteiger partial charge in [0.15, 0.2) is 5.75 Å². The smallest absolute Gasteiger partial charge is 0.303 e. The Labute approximate surface area is 164 Å². The molecular formula is C21H27N3O4. The van der Waals surface area contributed by atoms with E-state index in [9.17, 15) is 4.79 Å². The number of anilines is 1. The second-order valence-corrected chi connectivity index (χ2v) is 7.05. The fraction of sp³-hybridized carbons (Fsp3) is 0.476. The zero-order valence-corrected chi connectivity index (χ0v) is 16.0. The molecule has 3 heterocycles. The van der Waals surface area contributed by atoms with Crippen LogP contribution in [-0.4, -0.2) is 34.3 Å². The van der Waals surface area contributed by atoms with E-state index in [0.29, 0.717) is 37.1 Å². The van der Waals surface area contributed by atoms with Crippen LogP contribution in [0.5, 0.6) is 11.6 Å². The van der Waals surface area contributed by atoms with Crippen LogP contribution < -0.4 is 15.2 Å². The molecule has 7 nitrogen and oxygen atoms in total. The molecule has 1 atom stereocenters. The Morgan fingerprint density at radius 2 is 2.04 bits per heavy atom. The Bertz CT molecular complexity index is 797. The number of carboxylic acids is 1. The van der Waals surface area contributed by atoms with E-state index in [1.807, 2.05) is 24.4 Å². The third kappa shape index (κ3) is 5.84. The van der Waals surface area contributed by atoms with Gasteiger partial charge in [0.1, 0.15) is 19.0 Å². The lowest BCUT2D eigenvalue weighted by Gasteiger charge is -2.21. The van der Waals surface area contributed by atoms with Crippen molar-refractivity contribution in [3.8, 4) is 11.6 Å². The first-order chi connectivity index (χ1) is 13.6. The van der Waals surface area contributed by atoms with Crippen molar-refractivity contribution in [2.45, 2.75) is 50.9 Å². The summed E-state index contributed by atoms with van der Waals surface area (Å²) >= 11 is 0. The molecule has 3 N–H and O–H groups in total. The summed E-state index contributed by atoms with van der Waals surface area (Å²) in [6.07, 6.45) is 7.36. The van der Waals surface area contributed by atoms with Crippen LogP contribution in [0.15, 0.2) is 30.5 Å². The third-order valence-electron chi connectivity index (χ3n) is 4.91. The Kier molecular flexibility index (Phi) is 7.06. The number of carboxylic acid groups (broad SMARTS) is 1. The Morgan fingerprint density at radius 1 is 1.18 bits per heavy atom. The summed E-state index contributed by atoms with van der Waals surface area (Å²) in [6, 6.07) is 7.72. The van der Waals surface area contributed by atoms with Crippen molar-refractivity contribution < 1.29 is 19.4 Å². The molecule has 3 rings (SSSR count). The summed E-state index contributed by atoms with van der Waals surface area (Å²) < 4.78 is 11.2. The zero-order valence-electron chi connectivity index (χ0n) is 16.0. The van der Waals surface area contributed by atoms with E-state index in [2.05, 4.69) is 9.97 Å². The molecule has 0 aliphatic carbocycles. The van der Waals surface area contributed by atoms with Crippen molar-refractivity contribution in [1.29, 1.82) is 0 Å². The number of fused-ring (bicyclic) bond motifs is 1. The third-order valence-corrected chi connectivity index (χ3v) is 4.91. The highest BCUT2D eigenvalue weighted by molar-refractivity contribution is 5.66. The summed E-state index contributed by atoms with van der Waals surface area (Å²) in [7, 11) is 0. The number of aliphatic carboxylic acids is 1. The molecule has 1 aliphatic heterocycles. The van der Waals surface area contributed by atoms with Crippen molar-refractivity contribution in [3.63, 3.8) is 0 Å². The van der Waals surface area contributed by atoms with E-state index in [-0.39, 0.29) is 12.3 Å². The number of nitrogens with two attached hydrogens (primary N) is 1. The van der Waals surface area contributed by atoms with Crippen molar-refractivity contribution in [2.24, 2.45) is 0 Å². The van der Waals surface area contributed by atoms with E-state index in [0.717, 1.165) is 43.4 Å². The summed E-state index contributed by atoms with van der Waals surface area (Å²) in [4.78, 5) is 19.5. The molecule has 0 radical (unpaired) electrons. The maximum absolute atomic E-state index is 10.7. The SMILES string of the molecule is Nc1cccc(CCC(CCCCCC(=O)O)c2cnc3c(c2)OCCO3)n1. The standard InChI is InChI=1S/C21H27N3O4/c22-19-7-4-6-17(24-19)10-9-15(5-2-1-3-8-20(25)26)16-13-18-21(23-14-16)28-12-11-27-18/h4,6-7,13-15H,1-3,5,8-12H2,(H2,22,24)(H,25,26). The Hall–Kier alpha value is -2.83. The molecule has 0 saturated carbocycles. The van der Waals surface area contributed by atoms with Gasteiger partial charge in [-0.1, -0.05) is 18.9 Å². The molecule has 7 heteroatoms. The highest BCUT2D eigenvalue weighted by Gasteiger charge is 2.18. The van der Waals surface area contributed by atoms with Crippen molar-refractivity contribution >= 4 is 11.8 Å². The van der Waals surface area contributed by atoms with Crippen LogP contribution in [0.4, 0.5) is 5.82 Å². The zero-order chi connectivity index (χ0) is 19.8. The first-order valence-electron chi connectivity index (χ1n) is 9.80. The highest BCUT2D eigenvalue weighted by Crippen LogP contribution is 2.34. The second-order valence-electron chi connectivity index (χ2n) is 7.05. The number of ether oxygens (including phenoxy) is 2. The lowest BCUT2D eigenvalue weighted by atomic mass is 9.89. The maximum Gasteiger partial charge on any atom is 0.303 e. The largest absolute Gasteiger partial charge is 0.484 e. The lowest BCUT2D eigenvalue weighted by Crippen LogP contribution is -2.17. The van der Waals surface area contributed by atoms with Crippen LogP contribution >= 0.6 is 0 Å². The molecule has 2 aromatic heterocycles. The molecule has 0 aromatic carbocycles. The van der Waals surface area contributed by atoms with Crippen LogP contribution in [0.25, 0.3) is 0 Å². The first kappa shape index (κ1) is 19.9. The van der Waals surface area contributed by atoms with Gasteiger partial charge in [-0.25, -0.2) is 9.97 Å². The van der Waals surface area contributed by atoms with Crippen molar-refractivity contribution in [2.75, 3.05) is 18.9 Å². The number of nitrogen functional groups attached to an aromatic ring is 1. The second kappa shape index (κ2) is 9.92. The molecule has 1 aliphatic rings. The van der Waals surface area contributed by atoms with Gasteiger partial charge in [-0.15, -0.1) is 0 Å². The van der Waals surface area contributed by atoms with Gasteiger partial charge in [-0.05, 0) is 55.4 Å². The average molecular weight is 385 g/mol. The highest BCUT2D eigenvalue weighted by atomic mass is 16.6. The van der Waals surface area contributed by atoms with E-state index in [4.69, 9.17) is 20.3 Å². The van der Waals surface area contributed by atoms with Gasteiger partial charge < -0.3 is 20.3 Å². The van der Waals surface area contributed by atoms with Crippen LogP contribution in [-0.2, 0) is 11.2 Å². The normalized spacial score (nSPS) is 13.9. The van der Waals surface area contributed by atoms with Gasteiger partial charge in [-0.3, -0.25) is 4.79 Å². The Morgan fingerprint density at radius 3 is 2.86 bits per heavy atom. The summed E-state index contributed by atoms with van der Waals surface area (Å²) in [5.41, 5.74) is 7.88. The topological polar surface area (TPSA) is 108 Å². The number of rotatable bonds is 10. The van der Waals surface area contributed by atoms with Crippen LogP contribution in [0, 0.1) is 0 Å². The number of pyridine rings is 2. The predicted molar refractivity (Wildman–Crippen MR) is 106 cm³/mol. The molecular weight excluding hydrogens is 358 g/mol. The van der Waals surface area contributed by atoms with Gasteiger partial charge in [0.25, 0.3) is 5.88 Å². The monoisotopic (exact) mass is 385 g/mol. The fourth-order valence-corrected chi connectivity index (χ4v) is 3.45. The minimum atomic E-state index is -0.736. The van der Waals surface area contributed by atoms with Crippen LogP contribution in [0.2, 0.25) is 0 Å². The number of aryl methyl sites for hydroxylation is 1. The number of unbranched alkanes of at least 4 members (excludes halogenated alkanes) is 2. The molecule has 28 heavy (non-hydrogen) atoms. The van der Waals surface area contributed by atoms with E-state index in [1.54, 1.807) is 6.07 Å². The number of carbonyl (C=O) groups is 1. The summed E-state index contributed by atoms with van der Waals surface area (Å²) in [6.45, 7) is 1.05. The molecule has 0 fully saturated rings. The minimum absolute atomic E-state index is 0.226. The predicted octanol–water partition coefficient (Wildman–Crippen LogP) is 3.58. The quantitative estimate of drug-likeness (QED) is 0.602. The number of nitrogens with zero attached hydrogens (tertiary/aromatic N) is 2. The molecule has 0 bridgehead atoms. The Balaban J connectivity index is 1.65. The summed E-state index contributed by atoms with van der Waals surface area (Å²) in [5.74, 6) is 1.33. The van der Waals surface area contributed by atoms with Gasteiger partial charge in [0.2, 0.25) is 0 Å². The van der Waals surface area contributed by atoms with Crippen molar-refractivity contribution in [1.82, 2.24) is 9.97 Å². The number of hydrogen-bond acceptors (Lipinski definition) is 6. The fourth-order valence-electron chi connectivity index (χ4n) is 3.45. The molecule has 0 saturated heterocycles. The van der Waals surface area contributed by atoms with Gasteiger partial charge in [0.05, 0.1) is 0 Å². The summed E-state index contributed by atoms with van der Waals surface area (Å²) in [5, 5.41) is 8.79. The van der Waals surface area contributed by atoms with Crippen LogP contribution in [0.1, 0.15) is 55.7 Å². The van der Waals surface area contributed by atoms with Gasteiger partial charge in [-0.2, -0.15) is 0 Å². The van der Waals surface area contributed by atoms with E-state index < -0.39 is 5.97 Å². The maximum atomic E-state index is 10.7. The molecule has 0 spiro atoms. The van der Waals surface area contributed by atoms with Crippen LogP contribution in [0.3, 0.4) is 0 Å². The molecule has 0 amide bonds. The lowest BCUT2D eigenvalue weighted by molar-refractivity contribution is -0.137. The van der Waals surface area contributed by atoms with E-state index in [1.165, 1.54) is 0 Å². The van der Waals surface area contributed by atoms with Gasteiger partial charge in [0, 0.05) is 18.3 Å². The first-order valence-corrected chi connectivity index (χ1v) is 9.80. The minimum Gasteiger partial charge on any atom is -0.484 e. The van der Waals surface area contributed by atoms with E-state index >= 15 is 0 Å². The van der Waals surface area contributed by atoms with Crippen molar-refractivity contribution in [3.05, 3.63) is 41.7 Å². The average Bonchev–Trinajstić information content (AvgIpc) is 2.69. The molecule has 1 unspecified atom stereocenters. The molecule has 150 valence electrons. The number of hydrogen-bond donors (Lipinski definition) is 2. The van der Waals surface area contributed by atoms with Gasteiger partial charge >= 0.3 is 5.97 Å².